The molecule has 0 bridgehead atoms. The molecule has 4 rings (SSSR count). The molecule has 0 unspecified atom stereocenters. The number of anilines is 1. The topological polar surface area (TPSA) is 61.9 Å². The quantitative estimate of drug-likeness (QED) is 0.846. The van der Waals surface area contributed by atoms with E-state index >= 15 is 0 Å². The normalized spacial score (nSPS) is 28.1. The highest BCUT2D eigenvalue weighted by molar-refractivity contribution is 6.01. The highest BCUT2D eigenvalue weighted by Gasteiger charge is 2.37. The fourth-order valence-corrected chi connectivity index (χ4v) is 5.16. The summed E-state index contributed by atoms with van der Waals surface area (Å²) < 4.78 is 5.38. The van der Waals surface area contributed by atoms with E-state index in [2.05, 4.69) is 10.2 Å². The Labute approximate surface area is 167 Å². The van der Waals surface area contributed by atoms with Gasteiger partial charge in [-0.1, -0.05) is 18.6 Å². The molecular formula is C22H31N3O3. The molecule has 28 heavy (non-hydrogen) atoms. The number of methoxy groups -OCH3 is 1. The van der Waals surface area contributed by atoms with Gasteiger partial charge in [0.25, 0.3) is 0 Å². The first-order valence-corrected chi connectivity index (χ1v) is 10.6. The lowest BCUT2D eigenvalue weighted by Gasteiger charge is -2.44. The summed E-state index contributed by atoms with van der Waals surface area (Å²) in [5.41, 5.74) is 0.746. The molecule has 152 valence electrons. The van der Waals surface area contributed by atoms with Gasteiger partial charge in [-0.15, -0.1) is 0 Å². The van der Waals surface area contributed by atoms with Crippen molar-refractivity contribution in [2.75, 3.05) is 38.2 Å². The number of hydrogen-bond donors (Lipinski definition) is 1. The summed E-state index contributed by atoms with van der Waals surface area (Å²) in [6.07, 6.45) is 6.54. The zero-order chi connectivity index (χ0) is 19.5. The van der Waals surface area contributed by atoms with Gasteiger partial charge in [-0.05, 0) is 56.8 Å². The van der Waals surface area contributed by atoms with Gasteiger partial charge in [0.05, 0.1) is 18.7 Å². The fraction of sp³-hybridized carbons (Fsp3) is 0.636. The Balaban J connectivity index is 1.35. The molecule has 0 radical (unpaired) electrons. The van der Waals surface area contributed by atoms with Crippen molar-refractivity contribution < 1.29 is 14.3 Å². The van der Waals surface area contributed by atoms with Gasteiger partial charge >= 0.3 is 0 Å². The predicted molar refractivity (Wildman–Crippen MR) is 108 cm³/mol. The third-order valence-corrected chi connectivity index (χ3v) is 6.64. The van der Waals surface area contributed by atoms with Gasteiger partial charge in [-0.3, -0.25) is 9.59 Å². The molecule has 3 saturated heterocycles. The minimum atomic E-state index is -0.288. The maximum absolute atomic E-state index is 12.8. The average Bonchev–Trinajstić information content (AvgIpc) is 3.13. The minimum absolute atomic E-state index is 0.0127. The summed E-state index contributed by atoms with van der Waals surface area (Å²) in [5.74, 6) is 0.917. The molecule has 6 nitrogen and oxygen atoms in total. The third-order valence-electron chi connectivity index (χ3n) is 6.64. The molecule has 1 aromatic carbocycles. The number of nitrogens with one attached hydrogen (secondary N) is 1. The van der Waals surface area contributed by atoms with E-state index in [1.807, 2.05) is 24.3 Å². The van der Waals surface area contributed by atoms with Crippen molar-refractivity contribution in [2.24, 2.45) is 11.8 Å². The van der Waals surface area contributed by atoms with Crippen molar-refractivity contribution in [2.45, 2.75) is 44.6 Å². The number of hydrogen-bond acceptors (Lipinski definition) is 4. The molecule has 3 aliphatic rings. The summed E-state index contributed by atoms with van der Waals surface area (Å²) in [6.45, 7) is 3.57. The summed E-state index contributed by atoms with van der Waals surface area (Å²) in [4.78, 5) is 29.6. The lowest BCUT2D eigenvalue weighted by molar-refractivity contribution is -0.126. The largest absolute Gasteiger partial charge is 0.495 e. The van der Waals surface area contributed by atoms with Gasteiger partial charge in [0, 0.05) is 25.6 Å². The van der Waals surface area contributed by atoms with Gasteiger partial charge in [0.2, 0.25) is 11.8 Å². The molecular weight excluding hydrogens is 354 g/mol. The second-order valence-corrected chi connectivity index (χ2v) is 8.32. The van der Waals surface area contributed by atoms with Crippen molar-refractivity contribution in [3.8, 4) is 5.75 Å². The van der Waals surface area contributed by atoms with Gasteiger partial charge in [0.1, 0.15) is 5.75 Å². The first kappa shape index (κ1) is 19.2. The number of para-hydroxylation sites is 2. The number of carbonyl (C=O) groups excluding carboxylic acids is 2. The summed E-state index contributed by atoms with van der Waals surface area (Å²) in [7, 11) is 1.60. The number of rotatable bonds is 5. The van der Waals surface area contributed by atoms with Crippen LogP contribution in [0.15, 0.2) is 24.3 Å². The van der Waals surface area contributed by atoms with Crippen LogP contribution in [0.3, 0.4) is 0 Å². The fourth-order valence-electron chi connectivity index (χ4n) is 5.16. The van der Waals surface area contributed by atoms with Gasteiger partial charge in [-0.2, -0.15) is 0 Å². The average molecular weight is 386 g/mol. The van der Waals surface area contributed by atoms with Crippen LogP contribution in [0.5, 0.6) is 5.75 Å². The third kappa shape index (κ3) is 3.88. The van der Waals surface area contributed by atoms with E-state index in [-0.39, 0.29) is 24.2 Å². The number of piperidine rings is 2. The molecule has 3 fully saturated rings. The molecule has 0 saturated carbocycles. The van der Waals surface area contributed by atoms with Crippen molar-refractivity contribution in [3.05, 3.63) is 24.3 Å². The van der Waals surface area contributed by atoms with Gasteiger partial charge in [-0.25, -0.2) is 0 Å². The van der Waals surface area contributed by atoms with Crippen LogP contribution in [0, 0.1) is 11.8 Å². The minimum Gasteiger partial charge on any atom is -0.495 e. The first-order chi connectivity index (χ1) is 13.7. The van der Waals surface area contributed by atoms with Crippen LogP contribution >= 0.6 is 0 Å². The van der Waals surface area contributed by atoms with Gasteiger partial charge < -0.3 is 19.9 Å². The van der Waals surface area contributed by atoms with E-state index in [0.717, 1.165) is 12.2 Å². The maximum atomic E-state index is 12.8. The van der Waals surface area contributed by atoms with Crippen molar-refractivity contribution in [1.82, 2.24) is 10.2 Å². The van der Waals surface area contributed by atoms with Crippen molar-refractivity contribution >= 4 is 17.5 Å². The molecule has 6 heteroatoms. The van der Waals surface area contributed by atoms with Crippen molar-refractivity contribution in [3.63, 3.8) is 0 Å². The number of benzene rings is 1. The molecule has 3 aliphatic heterocycles. The van der Waals surface area contributed by atoms with E-state index in [4.69, 9.17) is 4.74 Å². The van der Waals surface area contributed by atoms with E-state index in [1.165, 1.54) is 45.2 Å². The van der Waals surface area contributed by atoms with Crippen LogP contribution in [0.1, 0.15) is 38.5 Å². The van der Waals surface area contributed by atoms with E-state index in [1.54, 1.807) is 12.0 Å². The Morgan fingerprint density at radius 2 is 2.00 bits per heavy atom. The van der Waals surface area contributed by atoms with Crippen LogP contribution in [0.25, 0.3) is 0 Å². The van der Waals surface area contributed by atoms with Crippen LogP contribution in [0.2, 0.25) is 0 Å². The van der Waals surface area contributed by atoms with Crippen LogP contribution in [-0.2, 0) is 9.59 Å². The highest BCUT2D eigenvalue weighted by Crippen LogP contribution is 2.33. The van der Waals surface area contributed by atoms with E-state index in [9.17, 15) is 9.59 Å². The molecule has 1 aromatic rings. The number of ether oxygens (including phenoxy) is 1. The zero-order valence-electron chi connectivity index (χ0n) is 16.7. The Morgan fingerprint density at radius 3 is 2.86 bits per heavy atom. The van der Waals surface area contributed by atoms with Crippen LogP contribution < -0.4 is 15.0 Å². The predicted octanol–water partition coefficient (Wildman–Crippen LogP) is 2.43. The molecule has 3 heterocycles. The number of nitrogens with zero attached hydrogens (tertiary/aromatic N) is 2. The van der Waals surface area contributed by atoms with Crippen LogP contribution in [0.4, 0.5) is 5.69 Å². The highest BCUT2D eigenvalue weighted by atomic mass is 16.5. The molecule has 0 aromatic heterocycles. The molecule has 0 aliphatic carbocycles. The van der Waals surface area contributed by atoms with E-state index in [0.29, 0.717) is 24.3 Å². The molecule has 0 spiro atoms. The molecule has 1 N–H and O–H groups in total. The monoisotopic (exact) mass is 385 g/mol. The maximum Gasteiger partial charge on any atom is 0.227 e. The smallest absolute Gasteiger partial charge is 0.227 e. The first-order valence-electron chi connectivity index (χ1n) is 10.6. The number of carbonyl (C=O) groups is 2. The Kier molecular flexibility index (Phi) is 5.85. The Morgan fingerprint density at radius 1 is 1.18 bits per heavy atom. The van der Waals surface area contributed by atoms with Gasteiger partial charge in [0.15, 0.2) is 0 Å². The second kappa shape index (κ2) is 8.52. The SMILES string of the molecule is COc1ccccc1N1C[C@H](C(=O)NC[C@@H]2CCCN3CCCC[C@H]23)CC1=O. The number of fused-ring (bicyclic) bond motifs is 1. The molecule has 3 atom stereocenters. The van der Waals surface area contributed by atoms with Crippen LogP contribution in [-0.4, -0.2) is 56.0 Å². The Hall–Kier alpha value is -2.08. The van der Waals surface area contributed by atoms with Crippen molar-refractivity contribution in [1.29, 1.82) is 0 Å². The summed E-state index contributed by atoms with van der Waals surface area (Å²) in [5, 5.41) is 3.17. The standard InChI is InChI=1S/C22H31N3O3/c1-28-20-10-3-2-9-19(20)25-15-17(13-21(25)26)22(27)23-14-16-7-6-12-24-11-5-4-8-18(16)24/h2-3,9-10,16-18H,4-8,11-15H2,1H3,(H,23,27)/t16-,17+,18+/m0/s1. The molecule has 2 amide bonds. The van der Waals surface area contributed by atoms with E-state index < -0.39 is 0 Å². The zero-order valence-corrected chi connectivity index (χ0v) is 16.7. The number of amides is 2. The lowest BCUT2D eigenvalue weighted by atomic mass is 9.83. The lowest BCUT2D eigenvalue weighted by Crippen LogP contribution is -2.51. The Bertz CT molecular complexity index is 721. The summed E-state index contributed by atoms with van der Waals surface area (Å²) in [6, 6.07) is 8.10. The second-order valence-electron chi connectivity index (χ2n) is 8.32. The summed E-state index contributed by atoms with van der Waals surface area (Å²) >= 11 is 0.